The number of likely N-dealkylation sites (tertiary alicyclic amines) is 1. The smallest absolute Gasteiger partial charge is 0.308 e. The van der Waals surface area contributed by atoms with Crippen LogP contribution in [0.1, 0.15) is 33.6 Å². The maximum atomic E-state index is 14.4. The highest BCUT2D eigenvalue weighted by atomic mass is 32.2. The quantitative estimate of drug-likeness (QED) is 0.388. The van der Waals surface area contributed by atoms with Crippen molar-refractivity contribution in [2.24, 2.45) is 23.7 Å². The highest BCUT2D eigenvalue weighted by molar-refractivity contribution is 8.02. The van der Waals surface area contributed by atoms with E-state index < -0.39 is 34.6 Å². The molecule has 4 rings (SSSR count). The van der Waals surface area contributed by atoms with E-state index in [1.807, 2.05) is 13.8 Å². The van der Waals surface area contributed by atoms with Gasteiger partial charge in [0, 0.05) is 38.0 Å². The van der Waals surface area contributed by atoms with Gasteiger partial charge in [-0.3, -0.25) is 19.3 Å². The second kappa shape index (κ2) is 11.0. The zero-order valence-electron chi connectivity index (χ0n) is 21.7. The SMILES string of the molecule is C=CCN(CCN1CCOCC1)C(=O)C1N([C@@H](CO)[C@@H](C)CC)C(=O)[C@@H]2[C@@H](C(=O)O)[C@H]3CC(C)C12S3. The van der Waals surface area contributed by atoms with Crippen LogP contribution < -0.4 is 0 Å². The molecule has 0 saturated carbocycles. The van der Waals surface area contributed by atoms with Crippen LogP contribution in [0.25, 0.3) is 0 Å². The third-order valence-corrected chi connectivity index (χ3v) is 11.1. The molecule has 4 aliphatic rings. The van der Waals surface area contributed by atoms with E-state index in [2.05, 4.69) is 18.4 Å². The molecule has 0 aromatic carbocycles. The van der Waals surface area contributed by atoms with Crippen molar-refractivity contribution in [3.63, 3.8) is 0 Å². The molecule has 0 radical (unpaired) electrons. The Bertz CT molecular complexity index is 867. The lowest BCUT2D eigenvalue weighted by atomic mass is 9.66. The molecule has 4 aliphatic heterocycles. The van der Waals surface area contributed by atoms with Crippen LogP contribution in [-0.2, 0) is 19.1 Å². The number of thioether (sulfide) groups is 1. The molecule has 1 spiro atoms. The molecule has 0 aromatic heterocycles. The molecule has 0 aliphatic carbocycles. The summed E-state index contributed by atoms with van der Waals surface area (Å²) in [7, 11) is 0. The summed E-state index contributed by atoms with van der Waals surface area (Å²) in [5.41, 5.74) is 0. The topological polar surface area (TPSA) is 111 Å². The zero-order valence-corrected chi connectivity index (χ0v) is 22.5. The van der Waals surface area contributed by atoms with Crippen molar-refractivity contribution in [3.05, 3.63) is 12.7 Å². The van der Waals surface area contributed by atoms with Crippen LogP contribution in [0.4, 0.5) is 0 Å². The largest absolute Gasteiger partial charge is 0.481 e. The highest BCUT2D eigenvalue weighted by Crippen LogP contribution is 2.69. The van der Waals surface area contributed by atoms with Gasteiger partial charge in [-0.15, -0.1) is 18.3 Å². The Morgan fingerprint density at radius 1 is 1.36 bits per heavy atom. The number of rotatable bonds is 11. The monoisotopic (exact) mass is 523 g/mol. The summed E-state index contributed by atoms with van der Waals surface area (Å²) in [6.07, 6.45) is 3.11. The van der Waals surface area contributed by atoms with Gasteiger partial charge < -0.3 is 24.7 Å². The van der Waals surface area contributed by atoms with Crippen LogP contribution in [-0.4, -0.2) is 117 Å². The number of fused-ring (bicyclic) bond motifs is 1. The molecule has 4 saturated heterocycles. The second-order valence-electron chi connectivity index (χ2n) is 10.8. The predicted molar refractivity (Wildman–Crippen MR) is 138 cm³/mol. The number of aliphatic hydroxyl groups excluding tert-OH is 1. The van der Waals surface area contributed by atoms with Crippen LogP contribution in [0.15, 0.2) is 12.7 Å². The van der Waals surface area contributed by atoms with Crippen molar-refractivity contribution < 1.29 is 29.3 Å². The van der Waals surface area contributed by atoms with E-state index in [1.165, 1.54) is 0 Å². The normalized spacial score (nSPS) is 35.5. The first-order valence-electron chi connectivity index (χ1n) is 13.3. The first-order chi connectivity index (χ1) is 17.2. The molecule has 4 fully saturated rings. The van der Waals surface area contributed by atoms with Gasteiger partial charge in [0.05, 0.1) is 42.4 Å². The average Bonchev–Trinajstić information content (AvgIpc) is 3.46. The fourth-order valence-corrected chi connectivity index (χ4v) is 9.30. The van der Waals surface area contributed by atoms with Gasteiger partial charge in [-0.05, 0) is 18.3 Å². The third kappa shape index (κ3) is 4.37. The van der Waals surface area contributed by atoms with E-state index >= 15 is 0 Å². The molecule has 202 valence electrons. The molecule has 2 bridgehead atoms. The molecular formula is C26H41N3O6S. The van der Waals surface area contributed by atoms with Gasteiger partial charge in [-0.25, -0.2) is 0 Å². The minimum absolute atomic E-state index is 0.0112. The number of aliphatic carboxylic acids is 1. The number of ether oxygens (including phenoxy) is 1. The van der Waals surface area contributed by atoms with Crippen molar-refractivity contribution in [3.8, 4) is 0 Å². The summed E-state index contributed by atoms with van der Waals surface area (Å²) in [6.45, 7) is 14.1. The molecule has 4 heterocycles. The Morgan fingerprint density at radius 2 is 2.06 bits per heavy atom. The Kier molecular flexibility index (Phi) is 8.38. The van der Waals surface area contributed by atoms with Crippen molar-refractivity contribution in [2.75, 3.05) is 52.5 Å². The first-order valence-corrected chi connectivity index (χ1v) is 14.1. The van der Waals surface area contributed by atoms with Crippen LogP contribution in [0.5, 0.6) is 0 Å². The van der Waals surface area contributed by atoms with Gasteiger partial charge in [0.2, 0.25) is 11.8 Å². The highest BCUT2D eigenvalue weighted by Gasteiger charge is 2.77. The second-order valence-corrected chi connectivity index (χ2v) is 12.3. The number of carboxylic acid groups (broad SMARTS) is 1. The molecule has 0 aromatic rings. The molecule has 2 N–H and O–H groups in total. The maximum Gasteiger partial charge on any atom is 0.308 e. The van der Waals surface area contributed by atoms with Gasteiger partial charge in [-0.2, -0.15) is 0 Å². The lowest BCUT2D eigenvalue weighted by molar-refractivity contribution is -0.150. The lowest BCUT2D eigenvalue weighted by Gasteiger charge is -2.43. The van der Waals surface area contributed by atoms with Gasteiger partial charge in [0.15, 0.2) is 0 Å². The summed E-state index contributed by atoms with van der Waals surface area (Å²) < 4.78 is 4.64. The summed E-state index contributed by atoms with van der Waals surface area (Å²) in [4.78, 5) is 46.5. The summed E-state index contributed by atoms with van der Waals surface area (Å²) >= 11 is 1.54. The molecule has 36 heavy (non-hydrogen) atoms. The van der Waals surface area contributed by atoms with Crippen LogP contribution >= 0.6 is 11.8 Å². The number of carbonyl (C=O) groups is 3. The fraction of sp³-hybridized carbons (Fsp3) is 0.808. The molecule has 3 unspecified atom stereocenters. The number of amides is 2. The van der Waals surface area contributed by atoms with E-state index in [4.69, 9.17) is 4.74 Å². The minimum atomic E-state index is -0.966. The Balaban J connectivity index is 1.72. The van der Waals surface area contributed by atoms with Crippen LogP contribution in [0.3, 0.4) is 0 Å². The van der Waals surface area contributed by atoms with Gasteiger partial charge >= 0.3 is 5.97 Å². The summed E-state index contributed by atoms with van der Waals surface area (Å²) in [5, 5.41) is 20.3. The number of hydrogen-bond acceptors (Lipinski definition) is 7. The Labute approximate surface area is 218 Å². The summed E-state index contributed by atoms with van der Waals surface area (Å²) in [5.74, 6) is -3.00. The van der Waals surface area contributed by atoms with Crippen molar-refractivity contribution in [1.29, 1.82) is 0 Å². The number of morpholine rings is 1. The number of carboxylic acids is 1. The lowest BCUT2D eigenvalue weighted by Crippen LogP contribution is -2.60. The molecule has 2 amide bonds. The van der Waals surface area contributed by atoms with E-state index in [0.29, 0.717) is 39.3 Å². The number of hydrogen-bond donors (Lipinski definition) is 2. The molecule has 9 nitrogen and oxygen atoms in total. The van der Waals surface area contributed by atoms with E-state index in [9.17, 15) is 24.6 Å². The zero-order chi connectivity index (χ0) is 26.2. The molecule has 8 atom stereocenters. The van der Waals surface area contributed by atoms with Crippen LogP contribution in [0.2, 0.25) is 0 Å². The van der Waals surface area contributed by atoms with Gasteiger partial charge in [-0.1, -0.05) is 33.3 Å². The van der Waals surface area contributed by atoms with Crippen LogP contribution in [0, 0.1) is 23.7 Å². The number of aliphatic hydroxyl groups is 1. The summed E-state index contributed by atoms with van der Waals surface area (Å²) in [6, 6.07) is -1.34. The Hall–Kier alpha value is -1.62. The standard InChI is InChI=1S/C26H41N3O6S/c1-5-7-28(9-8-27-10-12-35-13-11-27)24(32)22-26-17(4)14-19(36-26)20(25(33)34)21(26)23(31)29(22)18(15-30)16(3)6-2/h5,16-22,30H,1,6-15H2,2-4H3,(H,33,34)/t16-,17?,18-,19+,20-,21-,22?,26?/m0/s1. The first kappa shape index (κ1) is 27.4. The van der Waals surface area contributed by atoms with Crippen molar-refractivity contribution >= 4 is 29.5 Å². The Morgan fingerprint density at radius 3 is 2.64 bits per heavy atom. The average molecular weight is 524 g/mol. The maximum absolute atomic E-state index is 14.4. The number of nitrogens with zero attached hydrogens (tertiary/aromatic N) is 3. The predicted octanol–water partition coefficient (Wildman–Crippen LogP) is 1.16. The van der Waals surface area contributed by atoms with Gasteiger partial charge in [0.1, 0.15) is 6.04 Å². The van der Waals surface area contributed by atoms with E-state index in [1.54, 1.807) is 27.6 Å². The third-order valence-electron chi connectivity index (χ3n) is 9.00. The van der Waals surface area contributed by atoms with Crippen molar-refractivity contribution in [1.82, 2.24) is 14.7 Å². The minimum Gasteiger partial charge on any atom is -0.481 e. The van der Waals surface area contributed by atoms with E-state index in [-0.39, 0.29) is 35.5 Å². The van der Waals surface area contributed by atoms with E-state index in [0.717, 1.165) is 19.5 Å². The van der Waals surface area contributed by atoms with Crippen molar-refractivity contribution in [2.45, 2.75) is 55.7 Å². The number of carbonyl (C=O) groups excluding carboxylic acids is 2. The fourth-order valence-electron chi connectivity index (χ4n) is 6.90. The molecular weight excluding hydrogens is 482 g/mol. The molecule has 10 heteroatoms. The van der Waals surface area contributed by atoms with Gasteiger partial charge in [0.25, 0.3) is 0 Å².